The molecule has 8 heteroatoms. The molecule has 8 nitrogen and oxygen atoms in total. The van der Waals surface area contributed by atoms with Crippen LogP contribution in [-0.4, -0.2) is 50.8 Å². The Bertz CT molecular complexity index is 957. The van der Waals surface area contributed by atoms with Crippen LogP contribution in [-0.2, 0) is 15.0 Å². The molecule has 0 bridgehead atoms. The number of carbonyl (C=O) groups excluding carboxylic acids is 2. The average Bonchev–Trinajstić information content (AvgIpc) is 3.22. The van der Waals surface area contributed by atoms with E-state index >= 15 is 0 Å². The smallest absolute Gasteiger partial charge is 0.290 e. The van der Waals surface area contributed by atoms with E-state index < -0.39 is 5.41 Å². The van der Waals surface area contributed by atoms with Crippen LogP contribution in [0.15, 0.2) is 30.6 Å². The zero-order valence-electron chi connectivity index (χ0n) is 17.4. The third kappa shape index (κ3) is 3.32. The van der Waals surface area contributed by atoms with Gasteiger partial charge >= 0.3 is 0 Å². The van der Waals surface area contributed by atoms with Gasteiger partial charge in [-0.25, -0.2) is 9.97 Å². The second-order valence-corrected chi connectivity index (χ2v) is 7.55. The normalized spacial score (nSPS) is 21.6. The van der Waals surface area contributed by atoms with Crippen LogP contribution in [0, 0.1) is 13.8 Å². The minimum Gasteiger partial charge on any atom is -0.483 e. The van der Waals surface area contributed by atoms with E-state index in [4.69, 9.17) is 9.90 Å². The predicted molar refractivity (Wildman–Crippen MR) is 111 cm³/mol. The van der Waals surface area contributed by atoms with Crippen LogP contribution < -0.4 is 5.32 Å². The van der Waals surface area contributed by atoms with Gasteiger partial charge in [-0.2, -0.15) is 0 Å². The van der Waals surface area contributed by atoms with E-state index in [1.54, 1.807) is 0 Å². The van der Waals surface area contributed by atoms with Crippen molar-refractivity contribution in [2.24, 2.45) is 0 Å². The highest BCUT2D eigenvalue weighted by Gasteiger charge is 2.58. The molecule has 1 aromatic heterocycles. The lowest BCUT2D eigenvalue weighted by molar-refractivity contribution is -0.123. The molecule has 2 N–H and O–H groups in total. The maximum Gasteiger partial charge on any atom is 0.290 e. The van der Waals surface area contributed by atoms with Crippen molar-refractivity contribution in [2.45, 2.75) is 51.5 Å². The molecule has 158 valence electrons. The van der Waals surface area contributed by atoms with Crippen molar-refractivity contribution < 1.29 is 19.5 Å². The van der Waals surface area contributed by atoms with E-state index in [0.29, 0.717) is 29.9 Å². The number of rotatable bonds is 3. The van der Waals surface area contributed by atoms with E-state index in [0.717, 1.165) is 24.1 Å². The quantitative estimate of drug-likeness (QED) is 0.753. The van der Waals surface area contributed by atoms with Crippen molar-refractivity contribution in [3.63, 3.8) is 0 Å². The van der Waals surface area contributed by atoms with Crippen LogP contribution in [0.2, 0.25) is 0 Å². The number of fused-ring (bicyclic) bond motifs is 2. The van der Waals surface area contributed by atoms with Gasteiger partial charge in [0.1, 0.15) is 6.33 Å². The van der Waals surface area contributed by atoms with Crippen LogP contribution in [0.25, 0.3) is 0 Å². The second kappa shape index (κ2) is 8.61. The van der Waals surface area contributed by atoms with Gasteiger partial charge in [0, 0.05) is 12.2 Å². The van der Waals surface area contributed by atoms with Crippen LogP contribution in [0.4, 0.5) is 5.69 Å². The van der Waals surface area contributed by atoms with Crippen LogP contribution >= 0.6 is 0 Å². The number of para-hydroxylation sites is 1. The molecule has 30 heavy (non-hydrogen) atoms. The van der Waals surface area contributed by atoms with Crippen LogP contribution in [0.3, 0.4) is 0 Å². The maximum absolute atomic E-state index is 13.4. The predicted octanol–water partition coefficient (Wildman–Crippen LogP) is 2.70. The number of amides is 2. The van der Waals surface area contributed by atoms with Crippen LogP contribution in [0.5, 0.6) is 0 Å². The zero-order valence-corrected chi connectivity index (χ0v) is 17.4. The van der Waals surface area contributed by atoms with Crippen LogP contribution in [0.1, 0.15) is 53.5 Å². The standard InChI is InChI=1S/C21H24N4O2.CH2O2/c1-4-7-17-21(15-8-5-6-9-16(15)24-20(21)27)10-11-25(17)19(26)18-13(2)22-12-23-14(18)3;2-1-3/h5-6,8-9,12,17H,4,7,10-11H2,1-3H3,(H,24,27);1H,(H,2,3)/t17-,21+;/m0./s1. The molecule has 2 amide bonds. The van der Waals surface area contributed by atoms with Crippen molar-refractivity contribution in [3.05, 3.63) is 53.1 Å². The average molecular weight is 410 g/mol. The summed E-state index contributed by atoms with van der Waals surface area (Å²) in [5.41, 5.74) is 3.14. The summed E-state index contributed by atoms with van der Waals surface area (Å²) < 4.78 is 0. The van der Waals surface area contributed by atoms with E-state index in [-0.39, 0.29) is 24.3 Å². The lowest BCUT2D eigenvalue weighted by atomic mass is 9.73. The summed E-state index contributed by atoms with van der Waals surface area (Å²) in [5.74, 6) is -0.0617. The zero-order chi connectivity index (χ0) is 21.9. The molecule has 2 aromatic rings. The Morgan fingerprint density at radius 2 is 1.93 bits per heavy atom. The molecule has 1 saturated heterocycles. The summed E-state index contributed by atoms with van der Waals surface area (Å²) in [6.45, 7) is 6.06. The molecule has 1 spiro atoms. The molecule has 1 aromatic carbocycles. The van der Waals surface area contributed by atoms with E-state index in [2.05, 4.69) is 22.2 Å². The number of hydrogen-bond acceptors (Lipinski definition) is 5. The fourth-order valence-corrected chi connectivity index (χ4v) is 4.77. The summed E-state index contributed by atoms with van der Waals surface area (Å²) >= 11 is 0. The Morgan fingerprint density at radius 3 is 2.57 bits per heavy atom. The Labute approximate surface area is 175 Å². The van der Waals surface area contributed by atoms with E-state index in [1.165, 1.54) is 6.33 Å². The van der Waals surface area contributed by atoms with Crippen molar-refractivity contribution in [2.75, 3.05) is 11.9 Å². The lowest BCUT2D eigenvalue weighted by Crippen LogP contribution is -2.49. The molecule has 0 saturated carbocycles. The highest BCUT2D eigenvalue weighted by Crippen LogP contribution is 2.49. The summed E-state index contributed by atoms with van der Waals surface area (Å²) in [4.78, 5) is 45.2. The summed E-state index contributed by atoms with van der Waals surface area (Å²) in [7, 11) is 0. The first-order valence-corrected chi connectivity index (χ1v) is 10.00. The maximum atomic E-state index is 13.4. The minimum absolute atomic E-state index is 0.00945. The molecule has 1 fully saturated rings. The molecular formula is C22H26N4O4. The summed E-state index contributed by atoms with van der Waals surface area (Å²) in [6.07, 6.45) is 3.79. The van der Waals surface area contributed by atoms with Gasteiger partial charge in [-0.15, -0.1) is 0 Å². The highest BCUT2D eigenvalue weighted by atomic mass is 16.3. The molecule has 0 unspecified atom stereocenters. The van der Waals surface area contributed by atoms with E-state index in [9.17, 15) is 9.59 Å². The molecular weight excluding hydrogens is 384 g/mol. The molecule has 2 atom stereocenters. The number of hydrogen-bond donors (Lipinski definition) is 2. The van der Waals surface area contributed by atoms with Crippen molar-refractivity contribution >= 4 is 24.0 Å². The van der Waals surface area contributed by atoms with Crippen molar-refractivity contribution in [1.29, 1.82) is 0 Å². The Morgan fingerprint density at radius 1 is 1.30 bits per heavy atom. The van der Waals surface area contributed by atoms with Gasteiger partial charge in [-0.05, 0) is 38.3 Å². The largest absolute Gasteiger partial charge is 0.483 e. The van der Waals surface area contributed by atoms with Gasteiger partial charge < -0.3 is 15.3 Å². The number of anilines is 1. The van der Waals surface area contributed by atoms with Crippen molar-refractivity contribution in [1.82, 2.24) is 14.9 Å². The Balaban J connectivity index is 0.000000806. The number of aromatic nitrogens is 2. The number of nitrogens with one attached hydrogen (secondary N) is 1. The number of carboxylic acid groups (broad SMARTS) is 1. The third-order valence-electron chi connectivity index (χ3n) is 6.02. The van der Waals surface area contributed by atoms with Gasteiger partial charge in [0.15, 0.2) is 0 Å². The minimum atomic E-state index is -0.667. The first-order chi connectivity index (χ1) is 14.4. The first kappa shape index (κ1) is 21.4. The van der Waals surface area contributed by atoms with Gasteiger partial charge in [-0.3, -0.25) is 14.4 Å². The number of carbonyl (C=O) groups is 3. The lowest BCUT2D eigenvalue weighted by Gasteiger charge is -2.34. The third-order valence-corrected chi connectivity index (χ3v) is 6.02. The molecule has 2 aliphatic heterocycles. The fraction of sp³-hybridized carbons (Fsp3) is 0.409. The summed E-state index contributed by atoms with van der Waals surface area (Å²) in [6, 6.07) is 7.69. The number of likely N-dealkylation sites (tertiary alicyclic amines) is 1. The van der Waals surface area contributed by atoms with Gasteiger partial charge in [0.25, 0.3) is 12.4 Å². The SMILES string of the molecule is CCC[C@@H]1N(C(=O)c2c(C)ncnc2C)CC[C@]12C(=O)Nc1ccccc12.O=CO. The topological polar surface area (TPSA) is 112 Å². The van der Waals surface area contributed by atoms with Gasteiger partial charge in [0.05, 0.1) is 28.4 Å². The molecule has 0 aliphatic carbocycles. The first-order valence-electron chi connectivity index (χ1n) is 10.00. The fourth-order valence-electron chi connectivity index (χ4n) is 4.77. The monoisotopic (exact) mass is 410 g/mol. The number of aryl methyl sites for hydroxylation is 2. The summed E-state index contributed by atoms with van der Waals surface area (Å²) in [5, 5.41) is 9.93. The second-order valence-electron chi connectivity index (χ2n) is 7.55. The Kier molecular flexibility index (Phi) is 6.14. The molecule has 2 aliphatic rings. The highest BCUT2D eigenvalue weighted by molar-refractivity contribution is 6.08. The Hall–Kier alpha value is -3.29. The van der Waals surface area contributed by atoms with Gasteiger partial charge in [0.2, 0.25) is 5.91 Å². The van der Waals surface area contributed by atoms with Crippen molar-refractivity contribution in [3.8, 4) is 0 Å². The number of nitrogens with zero attached hydrogens (tertiary/aromatic N) is 3. The van der Waals surface area contributed by atoms with Gasteiger partial charge in [-0.1, -0.05) is 31.5 Å². The number of benzene rings is 1. The molecule has 4 rings (SSSR count). The molecule has 3 heterocycles. The molecule has 0 radical (unpaired) electrons. The van der Waals surface area contributed by atoms with E-state index in [1.807, 2.05) is 43.0 Å².